The average molecular weight is 452 g/mol. The molecule has 3 aromatic rings. The molecule has 32 heavy (non-hydrogen) atoms. The summed E-state index contributed by atoms with van der Waals surface area (Å²) in [6.07, 6.45) is 4.87. The molecule has 166 valence electrons. The van der Waals surface area contributed by atoms with Gasteiger partial charge >= 0.3 is 0 Å². The van der Waals surface area contributed by atoms with Gasteiger partial charge in [-0.1, -0.05) is 35.0 Å². The molecule has 0 radical (unpaired) electrons. The second-order valence-electron chi connectivity index (χ2n) is 8.30. The standard InChI is InChI=1S/C24H25N3O4S/c1-14-7-9-15(10-8-14)19-12-18(27-31-19)22(28)26-24-21(17-5-2-6-20(17)32-24)23(29)25-13-16-4-3-11-30-16/h7-10,12,16H,2-6,11,13H2,1H3,(H,25,29)(H,26,28). The first kappa shape index (κ1) is 20.9. The minimum Gasteiger partial charge on any atom is -0.376 e. The van der Waals surface area contributed by atoms with Crippen LogP contribution in [0.25, 0.3) is 11.3 Å². The first-order chi connectivity index (χ1) is 15.6. The zero-order chi connectivity index (χ0) is 22.1. The van der Waals surface area contributed by atoms with Crippen molar-refractivity contribution in [3.8, 4) is 11.3 Å². The molecule has 1 unspecified atom stereocenters. The summed E-state index contributed by atoms with van der Waals surface area (Å²) in [4.78, 5) is 27.1. The summed E-state index contributed by atoms with van der Waals surface area (Å²) in [6, 6.07) is 9.44. The highest BCUT2D eigenvalue weighted by atomic mass is 32.1. The van der Waals surface area contributed by atoms with Gasteiger partial charge in [-0.3, -0.25) is 9.59 Å². The van der Waals surface area contributed by atoms with Crippen molar-refractivity contribution in [1.82, 2.24) is 10.5 Å². The van der Waals surface area contributed by atoms with E-state index in [4.69, 9.17) is 9.26 Å². The third-order valence-corrected chi connectivity index (χ3v) is 7.18. The van der Waals surface area contributed by atoms with Crippen LogP contribution >= 0.6 is 11.3 Å². The Balaban J connectivity index is 1.33. The number of aromatic nitrogens is 1. The monoisotopic (exact) mass is 451 g/mol. The van der Waals surface area contributed by atoms with Crippen LogP contribution in [0.3, 0.4) is 0 Å². The molecule has 0 spiro atoms. The van der Waals surface area contributed by atoms with E-state index < -0.39 is 0 Å². The number of thiophene rings is 1. The van der Waals surface area contributed by atoms with Crippen molar-refractivity contribution < 1.29 is 18.8 Å². The molecule has 1 saturated heterocycles. The van der Waals surface area contributed by atoms with Gasteiger partial charge in [-0.05, 0) is 44.6 Å². The van der Waals surface area contributed by atoms with Gasteiger partial charge in [0, 0.05) is 29.7 Å². The number of anilines is 1. The number of nitrogens with zero attached hydrogens (tertiary/aromatic N) is 1. The number of hydrogen-bond donors (Lipinski definition) is 2. The molecular weight excluding hydrogens is 426 g/mol. The molecule has 1 aromatic carbocycles. The minimum absolute atomic E-state index is 0.0685. The van der Waals surface area contributed by atoms with Gasteiger partial charge in [0.25, 0.3) is 11.8 Å². The smallest absolute Gasteiger partial charge is 0.278 e. The van der Waals surface area contributed by atoms with Gasteiger partial charge in [0.05, 0.1) is 11.7 Å². The third-order valence-electron chi connectivity index (χ3n) is 5.97. The SMILES string of the molecule is Cc1ccc(-c2cc(C(=O)Nc3sc4c(c3C(=O)NCC3CCCO3)CCC4)no2)cc1. The highest BCUT2D eigenvalue weighted by molar-refractivity contribution is 7.17. The Kier molecular flexibility index (Phi) is 5.80. The van der Waals surface area contributed by atoms with Crippen LogP contribution in [0.15, 0.2) is 34.9 Å². The molecule has 2 N–H and O–H groups in total. The number of hydrogen-bond acceptors (Lipinski definition) is 6. The summed E-state index contributed by atoms with van der Waals surface area (Å²) in [7, 11) is 0. The van der Waals surface area contributed by atoms with E-state index in [1.54, 1.807) is 6.07 Å². The van der Waals surface area contributed by atoms with Crippen LogP contribution in [-0.2, 0) is 17.6 Å². The lowest BCUT2D eigenvalue weighted by Gasteiger charge is -2.12. The maximum absolute atomic E-state index is 13.0. The van der Waals surface area contributed by atoms with Crippen LogP contribution < -0.4 is 10.6 Å². The highest BCUT2D eigenvalue weighted by Gasteiger charge is 2.29. The van der Waals surface area contributed by atoms with Crippen LogP contribution in [0.4, 0.5) is 5.00 Å². The summed E-state index contributed by atoms with van der Waals surface area (Å²) in [5.74, 6) is -0.0192. The van der Waals surface area contributed by atoms with Crippen molar-refractivity contribution in [3.63, 3.8) is 0 Å². The van der Waals surface area contributed by atoms with Crippen LogP contribution in [0, 0.1) is 6.92 Å². The normalized spacial score (nSPS) is 17.3. The first-order valence-electron chi connectivity index (χ1n) is 11.0. The molecule has 7 nitrogen and oxygen atoms in total. The Hall–Kier alpha value is -2.97. The van der Waals surface area contributed by atoms with E-state index in [0.29, 0.717) is 22.9 Å². The predicted molar refractivity (Wildman–Crippen MR) is 122 cm³/mol. The second kappa shape index (κ2) is 8.88. The Labute approximate surface area is 190 Å². The maximum atomic E-state index is 13.0. The third kappa shape index (κ3) is 4.20. The molecule has 0 saturated carbocycles. The topological polar surface area (TPSA) is 93.5 Å². The molecule has 5 rings (SSSR count). The quantitative estimate of drug-likeness (QED) is 0.581. The number of aryl methyl sites for hydroxylation is 2. The number of fused-ring (bicyclic) bond motifs is 1. The largest absolute Gasteiger partial charge is 0.376 e. The molecule has 2 aromatic heterocycles. The number of ether oxygens (including phenoxy) is 1. The highest BCUT2D eigenvalue weighted by Crippen LogP contribution is 2.39. The van der Waals surface area contributed by atoms with E-state index in [1.165, 1.54) is 16.2 Å². The fraction of sp³-hybridized carbons (Fsp3) is 0.375. The molecule has 2 amide bonds. The number of amides is 2. The summed E-state index contributed by atoms with van der Waals surface area (Å²) in [5, 5.41) is 10.4. The van der Waals surface area contributed by atoms with Crippen molar-refractivity contribution in [2.45, 2.75) is 45.1 Å². The molecule has 3 heterocycles. The molecule has 1 fully saturated rings. The van der Waals surface area contributed by atoms with E-state index in [1.807, 2.05) is 31.2 Å². The van der Waals surface area contributed by atoms with Gasteiger partial charge in [-0.2, -0.15) is 0 Å². The Bertz CT molecular complexity index is 1140. The Morgan fingerprint density at radius 1 is 1.16 bits per heavy atom. The molecule has 1 atom stereocenters. The van der Waals surface area contributed by atoms with Crippen molar-refractivity contribution in [2.24, 2.45) is 0 Å². The lowest BCUT2D eigenvalue weighted by atomic mass is 10.1. The number of carbonyl (C=O) groups excluding carboxylic acids is 2. The summed E-state index contributed by atoms with van der Waals surface area (Å²) in [6.45, 7) is 3.24. The van der Waals surface area contributed by atoms with Gasteiger partial charge in [0.2, 0.25) is 0 Å². The number of benzene rings is 1. The molecular formula is C24H25N3O4S. The average Bonchev–Trinajstić information content (AvgIpc) is 3.57. The number of nitrogens with one attached hydrogen (secondary N) is 2. The van der Waals surface area contributed by atoms with Gasteiger partial charge in [0.1, 0.15) is 5.00 Å². The van der Waals surface area contributed by atoms with Crippen molar-refractivity contribution in [3.05, 3.63) is 57.6 Å². The lowest BCUT2D eigenvalue weighted by Crippen LogP contribution is -2.32. The van der Waals surface area contributed by atoms with E-state index in [0.717, 1.165) is 55.4 Å². The van der Waals surface area contributed by atoms with E-state index >= 15 is 0 Å². The second-order valence-corrected chi connectivity index (χ2v) is 9.41. The van der Waals surface area contributed by atoms with Crippen molar-refractivity contribution in [1.29, 1.82) is 0 Å². The molecule has 0 bridgehead atoms. The Morgan fingerprint density at radius 2 is 2.00 bits per heavy atom. The molecule has 2 aliphatic rings. The lowest BCUT2D eigenvalue weighted by molar-refractivity contribution is 0.0858. The Morgan fingerprint density at radius 3 is 2.78 bits per heavy atom. The number of carbonyl (C=O) groups is 2. The van der Waals surface area contributed by atoms with Gasteiger partial charge in [-0.15, -0.1) is 11.3 Å². The summed E-state index contributed by atoms with van der Waals surface area (Å²) >= 11 is 1.48. The van der Waals surface area contributed by atoms with Gasteiger partial charge in [0.15, 0.2) is 11.5 Å². The van der Waals surface area contributed by atoms with E-state index in [9.17, 15) is 9.59 Å². The summed E-state index contributed by atoms with van der Waals surface area (Å²) in [5.41, 5.74) is 3.81. The van der Waals surface area contributed by atoms with E-state index in [-0.39, 0.29) is 23.6 Å². The fourth-order valence-corrected chi connectivity index (χ4v) is 5.52. The van der Waals surface area contributed by atoms with Crippen LogP contribution in [0.5, 0.6) is 0 Å². The minimum atomic E-state index is -0.389. The maximum Gasteiger partial charge on any atom is 0.278 e. The predicted octanol–water partition coefficient (Wildman–Crippen LogP) is 4.36. The zero-order valence-corrected chi connectivity index (χ0v) is 18.7. The van der Waals surface area contributed by atoms with Gasteiger partial charge < -0.3 is 19.9 Å². The van der Waals surface area contributed by atoms with Gasteiger partial charge in [-0.25, -0.2) is 0 Å². The zero-order valence-electron chi connectivity index (χ0n) is 17.9. The first-order valence-corrected chi connectivity index (χ1v) is 11.8. The van der Waals surface area contributed by atoms with Crippen LogP contribution in [-0.4, -0.2) is 36.2 Å². The fourth-order valence-electron chi connectivity index (χ4n) is 4.24. The van der Waals surface area contributed by atoms with Crippen LogP contribution in [0.1, 0.15) is 56.1 Å². The molecule has 1 aliphatic carbocycles. The van der Waals surface area contributed by atoms with Crippen molar-refractivity contribution >= 4 is 28.2 Å². The number of rotatable bonds is 6. The van der Waals surface area contributed by atoms with Crippen LogP contribution in [0.2, 0.25) is 0 Å². The summed E-state index contributed by atoms with van der Waals surface area (Å²) < 4.78 is 11.0. The molecule has 8 heteroatoms. The van der Waals surface area contributed by atoms with E-state index in [2.05, 4.69) is 15.8 Å². The molecule has 1 aliphatic heterocycles. The van der Waals surface area contributed by atoms with Crippen molar-refractivity contribution in [2.75, 3.05) is 18.5 Å².